The van der Waals surface area contributed by atoms with Gasteiger partial charge in [0.1, 0.15) is 0 Å². The highest BCUT2D eigenvalue weighted by Crippen LogP contribution is 2.55. The Balaban J connectivity index is 1.74. The van der Waals surface area contributed by atoms with Gasteiger partial charge in [0.2, 0.25) is 0 Å². The minimum absolute atomic E-state index is 0.0630. The van der Waals surface area contributed by atoms with E-state index in [0.29, 0.717) is 12.8 Å². The molecule has 1 aromatic carbocycles. The molecule has 2 atom stereocenters. The first-order valence-electron chi connectivity index (χ1n) is 8.59. The Bertz CT molecular complexity index is 948. The number of hydrogen-bond acceptors (Lipinski definition) is 0. The molecule has 0 aromatic heterocycles. The van der Waals surface area contributed by atoms with Gasteiger partial charge in [-0.15, -0.1) is 0 Å². The zero-order valence-corrected chi connectivity index (χ0v) is 13.7. The lowest BCUT2D eigenvalue weighted by Gasteiger charge is -2.39. The van der Waals surface area contributed by atoms with E-state index in [1.807, 2.05) is 48.6 Å². The van der Waals surface area contributed by atoms with Crippen LogP contribution in [0.15, 0.2) is 70.9 Å². The van der Waals surface area contributed by atoms with E-state index in [2.05, 4.69) is 0 Å². The van der Waals surface area contributed by atoms with Crippen LogP contribution >= 0.6 is 0 Å². The first-order chi connectivity index (χ1) is 12.6. The number of benzene rings is 1. The van der Waals surface area contributed by atoms with E-state index >= 15 is 0 Å². The molecule has 0 spiro atoms. The quantitative estimate of drug-likeness (QED) is 0.344. The number of hydrogen-bond donors (Lipinski definition) is 0. The van der Waals surface area contributed by atoms with Gasteiger partial charge in [-0.05, 0) is 35.1 Å². The van der Waals surface area contributed by atoms with Crippen molar-refractivity contribution in [2.45, 2.75) is 24.7 Å². The monoisotopic (exact) mass is 354 g/mol. The van der Waals surface area contributed by atoms with Gasteiger partial charge < -0.3 is 0 Å². The highest BCUT2D eigenvalue weighted by molar-refractivity contribution is 5.66. The first kappa shape index (κ1) is 15.6. The largest absolute Gasteiger partial charge is 0.203 e. The van der Waals surface area contributed by atoms with E-state index in [0.717, 1.165) is 22.3 Å². The van der Waals surface area contributed by atoms with E-state index in [9.17, 15) is 17.6 Å². The Morgan fingerprint density at radius 2 is 1.04 bits per heavy atom. The molecule has 0 saturated carbocycles. The van der Waals surface area contributed by atoms with Crippen LogP contribution in [0.1, 0.15) is 35.8 Å². The van der Waals surface area contributed by atoms with Gasteiger partial charge in [0.05, 0.1) is 0 Å². The molecule has 0 amide bonds. The smallest absolute Gasteiger partial charge is 0.197 e. The van der Waals surface area contributed by atoms with E-state index in [-0.39, 0.29) is 11.1 Å². The molecule has 0 N–H and O–H groups in total. The molecule has 0 aliphatic heterocycles. The predicted octanol–water partition coefficient (Wildman–Crippen LogP) is 6.06. The summed E-state index contributed by atoms with van der Waals surface area (Å²) in [4.78, 5) is 0. The lowest BCUT2D eigenvalue weighted by Crippen LogP contribution is -2.26. The first-order valence-corrected chi connectivity index (χ1v) is 8.59. The second kappa shape index (κ2) is 5.44. The molecule has 0 fully saturated rings. The van der Waals surface area contributed by atoms with Crippen molar-refractivity contribution >= 4 is 0 Å². The maximum Gasteiger partial charge on any atom is 0.197 e. The summed E-state index contributed by atoms with van der Waals surface area (Å²) in [5.41, 5.74) is 3.59. The van der Waals surface area contributed by atoms with Crippen LogP contribution in [0.4, 0.5) is 17.6 Å². The van der Waals surface area contributed by atoms with Crippen molar-refractivity contribution in [1.82, 2.24) is 0 Å². The highest BCUT2D eigenvalue weighted by Gasteiger charge is 2.43. The van der Waals surface area contributed by atoms with Gasteiger partial charge in [0.15, 0.2) is 23.3 Å². The molecular formula is C22H14F4. The molecule has 0 unspecified atom stereocenters. The van der Waals surface area contributed by atoms with Crippen molar-refractivity contribution in [3.63, 3.8) is 0 Å². The highest BCUT2D eigenvalue weighted by atomic mass is 19.2. The van der Waals surface area contributed by atoms with Crippen molar-refractivity contribution in [3.05, 3.63) is 105 Å². The molecule has 130 valence electrons. The molecule has 0 radical (unpaired) electrons. The summed E-state index contributed by atoms with van der Waals surface area (Å²) in [7, 11) is 0. The van der Waals surface area contributed by atoms with Crippen molar-refractivity contribution in [2.24, 2.45) is 0 Å². The SMILES string of the molecule is Fc1c(F)c(F)c2c(c1F)[C@@H]1C=C(C3=CC=CC3)[C@H]2C=C1C1=CC=CC1. The topological polar surface area (TPSA) is 0 Å². The van der Waals surface area contributed by atoms with Crippen LogP contribution in [-0.4, -0.2) is 0 Å². The minimum atomic E-state index is -1.73. The van der Waals surface area contributed by atoms with E-state index < -0.39 is 35.1 Å². The Morgan fingerprint density at radius 1 is 0.615 bits per heavy atom. The summed E-state index contributed by atoms with van der Waals surface area (Å²) in [5, 5.41) is 0. The third-order valence-electron chi connectivity index (χ3n) is 5.61. The molecule has 4 heteroatoms. The molecule has 0 nitrogen and oxygen atoms in total. The standard InChI is InChI=1S/C22H14F4/c23-19-17-15-10-14(12-7-3-4-8-12)16(9-13(15)11-5-1-2-6-11)18(17)20(24)22(26)21(19)25/h1-5,7,9-10,15-16H,6,8H2/t15-,16-/m1/s1. The van der Waals surface area contributed by atoms with Gasteiger partial charge in [-0.3, -0.25) is 0 Å². The average molecular weight is 354 g/mol. The predicted molar refractivity (Wildman–Crippen MR) is 91.6 cm³/mol. The van der Waals surface area contributed by atoms with Crippen molar-refractivity contribution in [2.75, 3.05) is 0 Å². The van der Waals surface area contributed by atoms with Crippen molar-refractivity contribution < 1.29 is 17.6 Å². The number of rotatable bonds is 2. The van der Waals surface area contributed by atoms with Gasteiger partial charge in [-0.1, -0.05) is 48.6 Å². The van der Waals surface area contributed by atoms with Gasteiger partial charge in [0.25, 0.3) is 0 Å². The molecule has 6 rings (SSSR count). The van der Waals surface area contributed by atoms with Crippen LogP contribution in [0.2, 0.25) is 0 Å². The molecular weight excluding hydrogens is 340 g/mol. The van der Waals surface area contributed by atoms with Crippen LogP contribution < -0.4 is 0 Å². The van der Waals surface area contributed by atoms with Crippen LogP contribution in [0.5, 0.6) is 0 Å². The fourth-order valence-corrected chi connectivity index (χ4v) is 4.43. The average Bonchev–Trinajstić information content (AvgIpc) is 3.37. The fourth-order valence-electron chi connectivity index (χ4n) is 4.43. The lowest BCUT2D eigenvalue weighted by atomic mass is 9.65. The van der Waals surface area contributed by atoms with Gasteiger partial charge >= 0.3 is 0 Å². The third kappa shape index (κ3) is 1.96. The van der Waals surface area contributed by atoms with Gasteiger partial charge in [0, 0.05) is 23.0 Å². The molecule has 5 aliphatic rings. The minimum Gasteiger partial charge on any atom is -0.203 e. The maximum atomic E-state index is 14.6. The second-order valence-corrected chi connectivity index (χ2v) is 6.93. The van der Waals surface area contributed by atoms with E-state index in [1.165, 1.54) is 0 Å². The summed E-state index contributed by atoms with van der Waals surface area (Å²) in [6.07, 6.45) is 16.8. The molecule has 1 aromatic rings. The Hall–Kier alpha value is -2.62. The molecule has 2 bridgehead atoms. The van der Waals surface area contributed by atoms with Crippen LogP contribution in [0.3, 0.4) is 0 Å². The summed E-state index contributed by atoms with van der Waals surface area (Å²) in [6, 6.07) is 0. The van der Waals surface area contributed by atoms with Gasteiger partial charge in [-0.2, -0.15) is 0 Å². The second-order valence-electron chi connectivity index (χ2n) is 6.93. The zero-order valence-electron chi connectivity index (χ0n) is 13.7. The van der Waals surface area contributed by atoms with Crippen molar-refractivity contribution in [1.29, 1.82) is 0 Å². The Morgan fingerprint density at radius 3 is 1.38 bits per heavy atom. The zero-order chi connectivity index (χ0) is 18.0. The Kier molecular flexibility index (Phi) is 3.27. The summed E-state index contributed by atoms with van der Waals surface area (Å²) in [6.45, 7) is 0. The van der Waals surface area contributed by atoms with Crippen LogP contribution in [0.25, 0.3) is 0 Å². The van der Waals surface area contributed by atoms with Crippen molar-refractivity contribution in [3.8, 4) is 0 Å². The summed E-state index contributed by atoms with van der Waals surface area (Å²) in [5.74, 6) is -7.24. The van der Waals surface area contributed by atoms with E-state index in [1.54, 1.807) is 0 Å². The number of allylic oxidation sites excluding steroid dienone is 12. The summed E-state index contributed by atoms with van der Waals surface area (Å²) < 4.78 is 57.1. The number of halogens is 4. The molecule has 5 aliphatic carbocycles. The lowest BCUT2D eigenvalue weighted by molar-refractivity contribution is 0.393. The fraction of sp³-hybridized carbons (Fsp3) is 0.182. The molecule has 0 heterocycles. The summed E-state index contributed by atoms with van der Waals surface area (Å²) >= 11 is 0. The maximum absolute atomic E-state index is 14.6. The van der Waals surface area contributed by atoms with E-state index in [4.69, 9.17) is 0 Å². The Labute approximate surface area is 148 Å². The van der Waals surface area contributed by atoms with Crippen LogP contribution in [0, 0.1) is 23.3 Å². The molecule has 0 saturated heterocycles. The molecule has 26 heavy (non-hydrogen) atoms. The third-order valence-corrected chi connectivity index (χ3v) is 5.61. The van der Waals surface area contributed by atoms with Crippen LogP contribution in [-0.2, 0) is 0 Å². The van der Waals surface area contributed by atoms with Gasteiger partial charge in [-0.25, -0.2) is 17.6 Å². The normalized spacial score (nSPS) is 25.2.